The van der Waals surface area contributed by atoms with Gasteiger partial charge >= 0.3 is 0 Å². The van der Waals surface area contributed by atoms with Crippen molar-refractivity contribution in [2.24, 2.45) is 11.8 Å². The number of benzene rings is 2. The Morgan fingerprint density at radius 1 is 1.06 bits per heavy atom. The molecule has 2 N–H and O–H groups in total. The van der Waals surface area contributed by atoms with Gasteiger partial charge in [-0.2, -0.15) is 0 Å². The van der Waals surface area contributed by atoms with E-state index in [9.17, 15) is 9.18 Å². The Hall–Kier alpha value is -2.99. The van der Waals surface area contributed by atoms with E-state index < -0.39 is 0 Å². The fraction of sp³-hybridized carbons (Fsp3) is 0.320. The number of hydrogen-bond acceptors (Lipinski definition) is 4. The average Bonchev–Trinajstić information content (AvgIpc) is 2.84. The van der Waals surface area contributed by atoms with Crippen molar-refractivity contribution < 1.29 is 9.18 Å². The quantitative estimate of drug-likeness (QED) is 0.513. The topological polar surface area (TPSA) is 66.9 Å². The van der Waals surface area contributed by atoms with Crippen molar-refractivity contribution in [1.29, 1.82) is 0 Å². The summed E-state index contributed by atoms with van der Waals surface area (Å²) in [5.41, 5.74) is 3.40. The number of nitrogens with one attached hydrogen (secondary N) is 2. The molecule has 4 rings (SSSR count). The maximum Gasteiger partial charge on any atom is 0.223 e. The van der Waals surface area contributed by atoms with Gasteiger partial charge < -0.3 is 10.6 Å². The first kappa shape index (κ1) is 22.2. The van der Waals surface area contributed by atoms with E-state index >= 15 is 0 Å². The van der Waals surface area contributed by atoms with E-state index in [0.717, 1.165) is 48.9 Å². The number of aromatic nitrogens is 2. The third-order valence-corrected chi connectivity index (χ3v) is 6.35. The van der Waals surface area contributed by atoms with E-state index in [1.807, 2.05) is 24.3 Å². The summed E-state index contributed by atoms with van der Waals surface area (Å²) >= 11 is 6.42. The van der Waals surface area contributed by atoms with Crippen molar-refractivity contribution in [3.8, 4) is 22.4 Å². The first-order valence-corrected chi connectivity index (χ1v) is 11.3. The first-order chi connectivity index (χ1) is 15.5. The molecule has 0 atom stereocenters. The minimum atomic E-state index is -0.262. The molecule has 2 aromatic carbocycles. The van der Waals surface area contributed by atoms with Crippen LogP contribution in [0.15, 0.2) is 54.7 Å². The van der Waals surface area contributed by atoms with E-state index in [2.05, 4.69) is 20.6 Å². The Balaban J connectivity index is 1.45. The maximum absolute atomic E-state index is 13.3. The Kier molecular flexibility index (Phi) is 7.00. The second kappa shape index (κ2) is 10.1. The van der Waals surface area contributed by atoms with Crippen LogP contribution < -0.4 is 10.6 Å². The maximum atomic E-state index is 13.3. The molecule has 166 valence electrons. The largest absolute Gasteiger partial charge is 0.359 e. The van der Waals surface area contributed by atoms with E-state index in [1.54, 1.807) is 25.4 Å². The molecule has 0 spiro atoms. The zero-order chi connectivity index (χ0) is 22.5. The Morgan fingerprint density at radius 2 is 1.78 bits per heavy atom. The van der Waals surface area contributed by atoms with Crippen molar-refractivity contribution in [3.05, 3.63) is 65.6 Å². The number of carbonyl (C=O) groups is 1. The van der Waals surface area contributed by atoms with Crippen molar-refractivity contribution in [3.63, 3.8) is 0 Å². The van der Waals surface area contributed by atoms with Gasteiger partial charge in [0.15, 0.2) is 0 Å². The fourth-order valence-corrected chi connectivity index (χ4v) is 4.41. The number of halogens is 2. The molecule has 0 aliphatic heterocycles. The van der Waals surface area contributed by atoms with Gasteiger partial charge in [0, 0.05) is 25.1 Å². The van der Waals surface area contributed by atoms with Crippen LogP contribution in [0.2, 0.25) is 5.02 Å². The number of amides is 1. The lowest BCUT2D eigenvalue weighted by molar-refractivity contribution is -0.125. The third kappa shape index (κ3) is 5.25. The van der Waals surface area contributed by atoms with Crippen LogP contribution in [0.25, 0.3) is 22.4 Å². The molecule has 0 saturated heterocycles. The summed E-state index contributed by atoms with van der Waals surface area (Å²) in [5.74, 6) is 1.03. The molecule has 1 aliphatic rings. The molecular formula is C25H26ClFN4O. The molecule has 1 fully saturated rings. The van der Waals surface area contributed by atoms with Crippen LogP contribution in [0.1, 0.15) is 25.7 Å². The predicted molar refractivity (Wildman–Crippen MR) is 126 cm³/mol. The SMILES string of the molecule is CNC(=O)C1CCC(CNc2ncc(Cl)c(-c3cccc(-c4ccc(F)cc4)c3)n2)CC1. The normalized spacial score (nSPS) is 18.2. The van der Waals surface area contributed by atoms with Gasteiger partial charge in [0.05, 0.1) is 16.9 Å². The van der Waals surface area contributed by atoms with Gasteiger partial charge in [0.2, 0.25) is 11.9 Å². The summed E-state index contributed by atoms with van der Waals surface area (Å²) < 4.78 is 13.3. The number of anilines is 1. The smallest absolute Gasteiger partial charge is 0.223 e. The summed E-state index contributed by atoms with van der Waals surface area (Å²) in [6, 6.07) is 14.2. The van der Waals surface area contributed by atoms with Gasteiger partial charge in [-0.3, -0.25) is 4.79 Å². The molecule has 0 unspecified atom stereocenters. The van der Waals surface area contributed by atoms with Crippen LogP contribution in [0, 0.1) is 17.7 Å². The zero-order valence-corrected chi connectivity index (χ0v) is 18.7. The number of carbonyl (C=O) groups excluding carboxylic acids is 1. The molecule has 5 nitrogen and oxygen atoms in total. The molecule has 1 aliphatic carbocycles. The minimum Gasteiger partial charge on any atom is -0.359 e. The Labute approximate surface area is 192 Å². The highest BCUT2D eigenvalue weighted by molar-refractivity contribution is 6.32. The lowest BCUT2D eigenvalue weighted by Crippen LogP contribution is -2.32. The number of nitrogens with zero attached hydrogens (tertiary/aromatic N) is 2. The number of hydrogen-bond donors (Lipinski definition) is 2. The van der Waals surface area contributed by atoms with E-state index in [1.165, 1.54) is 12.1 Å². The van der Waals surface area contributed by atoms with E-state index in [4.69, 9.17) is 11.6 Å². The lowest BCUT2D eigenvalue weighted by atomic mass is 9.81. The summed E-state index contributed by atoms with van der Waals surface area (Å²) in [6.07, 6.45) is 5.44. The van der Waals surface area contributed by atoms with Gasteiger partial charge in [-0.05, 0) is 60.9 Å². The Bertz CT molecular complexity index is 1080. The fourth-order valence-electron chi connectivity index (χ4n) is 4.21. The zero-order valence-electron chi connectivity index (χ0n) is 17.9. The monoisotopic (exact) mass is 452 g/mol. The minimum absolute atomic E-state index is 0.128. The van der Waals surface area contributed by atoms with Gasteiger partial charge in [0.25, 0.3) is 0 Å². The van der Waals surface area contributed by atoms with Crippen molar-refractivity contribution >= 4 is 23.5 Å². The van der Waals surface area contributed by atoms with Crippen molar-refractivity contribution in [1.82, 2.24) is 15.3 Å². The van der Waals surface area contributed by atoms with E-state index in [-0.39, 0.29) is 17.6 Å². The van der Waals surface area contributed by atoms with Gasteiger partial charge in [0.1, 0.15) is 5.82 Å². The highest BCUT2D eigenvalue weighted by Crippen LogP contribution is 2.31. The van der Waals surface area contributed by atoms with Crippen LogP contribution in [-0.2, 0) is 4.79 Å². The second-order valence-corrected chi connectivity index (χ2v) is 8.60. The lowest BCUT2D eigenvalue weighted by Gasteiger charge is -2.27. The van der Waals surface area contributed by atoms with Crippen LogP contribution in [0.4, 0.5) is 10.3 Å². The van der Waals surface area contributed by atoms with E-state index in [0.29, 0.717) is 22.6 Å². The van der Waals surface area contributed by atoms with Crippen molar-refractivity contribution in [2.75, 3.05) is 18.9 Å². The standard InChI is InChI=1S/C25H26ClFN4O/c1-28-24(32)18-7-5-16(6-8-18)14-29-25-30-15-22(26)23(31-25)20-4-2-3-19(13-20)17-9-11-21(27)12-10-17/h2-4,9-13,15-16,18H,5-8,14H2,1H3,(H,28,32)(H,29,30,31). The molecule has 7 heteroatoms. The molecule has 1 heterocycles. The summed E-state index contributed by atoms with van der Waals surface area (Å²) in [4.78, 5) is 20.8. The third-order valence-electron chi connectivity index (χ3n) is 6.07. The molecule has 1 saturated carbocycles. The van der Waals surface area contributed by atoms with Gasteiger partial charge in [-0.1, -0.05) is 41.9 Å². The molecular weight excluding hydrogens is 427 g/mol. The van der Waals surface area contributed by atoms with Gasteiger partial charge in [-0.15, -0.1) is 0 Å². The second-order valence-electron chi connectivity index (χ2n) is 8.19. The molecule has 0 radical (unpaired) electrons. The van der Waals surface area contributed by atoms with Crippen LogP contribution in [0.5, 0.6) is 0 Å². The first-order valence-electron chi connectivity index (χ1n) is 10.9. The summed E-state index contributed by atoms with van der Waals surface area (Å²) in [7, 11) is 1.70. The molecule has 3 aromatic rings. The molecule has 1 amide bonds. The van der Waals surface area contributed by atoms with Crippen LogP contribution in [0.3, 0.4) is 0 Å². The summed E-state index contributed by atoms with van der Waals surface area (Å²) in [5, 5.41) is 6.56. The predicted octanol–water partition coefficient (Wildman–Crippen LogP) is 5.57. The average molecular weight is 453 g/mol. The Morgan fingerprint density at radius 3 is 2.50 bits per heavy atom. The molecule has 0 bridgehead atoms. The van der Waals surface area contributed by atoms with Crippen molar-refractivity contribution in [2.45, 2.75) is 25.7 Å². The highest BCUT2D eigenvalue weighted by Gasteiger charge is 2.25. The molecule has 32 heavy (non-hydrogen) atoms. The van der Waals surface area contributed by atoms with Gasteiger partial charge in [-0.25, -0.2) is 14.4 Å². The van der Waals surface area contributed by atoms with Crippen LogP contribution in [-0.4, -0.2) is 29.5 Å². The highest BCUT2D eigenvalue weighted by atomic mass is 35.5. The molecule has 1 aromatic heterocycles. The number of rotatable bonds is 6. The summed E-state index contributed by atoms with van der Waals surface area (Å²) in [6.45, 7) is 0.761. The van der Waals surface area contributed by atoms with Crippen LogP contribution >= 0.6 is 11.6 Å².